The Kier molecular flexibility index (Phi) is 20.4. The molecule has 5 aliphatic heterocycles. The zero-order valence-corrected chi connectivity index (χ0v) is 44.3. The molecule has 5 aliphatic rings. The van der Waals surface area contributed by atoms with Crippen LogP contribution in [-0.4, -0.2) is 264 Å². The minimum absolute atomic E-state index is 0.0274. The van der Waals surface area contributed by atoms with Gasteiger partial charge >= 0.3 is 0 Å². The molecule has 460 valence electrons. The maximum Gasteiger partial charge on any atom is 0.246 e. The number of ether oxygens (including phenoxy) is 8. The highest BCUT2D eigenvalue weighted by atomic mass is 16.7. The van der Waals surface area contributed by atoms with Crippen molar-refractivity contribution in [3.8, 4) is 11.5 Å². The Morgan fingerprint density at radius 3 is 1.24 bits per heavy atom. The SMILES string of the molecule is O=C(Cn1cc(CCC(=O)N[C@H]2[C@@H]3OC[C@H]4O[C@@H](OC[C@@H](O3)[C@@H](O)[C@@H]2O)[C@H](NC(=O)CCc2cn(CC(=O)Nc3ccc(O[C@@H]5O[C@H](CO)[C@H](O)[C@H](O)[C@H]5O)cc3)nn2)[C@@H](O)[C@@H]4O)nn1)Nc1ccc(O[C@@H]2O[C@H](CO)[C@H](O)[C@H](O)[C@H]2O)cc1. The first-order chi connectivity index (χ1) is 40.2. The highest BCUT2D eigenvalue weighted by Crippen LogP contribution is 2.31. The number of nitrogens with one attached hydrogen (secondary N) is 4. The van der Waals surface area contributed by atoms with Crippen molar-refractivity contribution in [2.75, 3.05) is 37.1 Å². The van der Waals surface area contributed by atoms with E-state index in [9.17, 15) is 80.5 Å². The van der Waals surface area contributed by atoms with Crippen LogP contribution in [0.5, 0.6) is 11.5 Å². The second-order valence-corrected chi connectivity index (χ2v) is 20.5. The van der Waals surface area contributed by atoms with E-state index < -0.39 is 173 Å². The predicted molar refractivity (Wildman–Crippen MR) is 273 cm³/mol. The van der Waals surface area contributed by atoms with Crippen molar-refractivity contribution in [3.05, 3.63) is 72.3 Å². The summed E-state index contributed by atoms with van der Waals surface area (Å²) in [4.78, 5) is 52.2. The zero-order valence-electron chi connectivity index (χ0n) is 44.3. The molecule has 34 heteroatoms. The molecule has 2 aromatic heterocycles. The lowest BCUT2D eigenvalue weighted by Crippen LogP contribution is -2.68. The summed E-state index contributed by atoms with van der Waals surface area (Å²) in [5.41, 5.74) is 1.36. The Labute approximate surface area is 475 Å². The van der Waals surface area contributed by atoms with E-state index in [2.05, 4.69) is 41.9 Å². The number of benzene rings is 2. The summed E-state index contributed by atoms with van der Waals surface area (Å²) < 4.78 is 48.0. The van der Waals surface area contributed by atoms with Crippen molar-refractivity contribution in [1.29, 1.82) is 0 Å². The number of carbonyl (C=O) groups is 4. The maximum atomic E-state index is 13.3. The topological polar surface area (TPSA) is 494 Å². The third-order valence-electron chi connectivity index (χ3n) is 14.4. The van der Waals surface area contributed by atoms with E-state index in [0.29, 0.717) is 22.8 Å². The maximum absolute atomic E-state index is 13.3. The van der Waals surface area contributed by atoms with Crippen LogP contribution in [0.25, 0.3) is 0 Å². The van der Waals surface area contributed by atoms with Crippen molar-refractivity contribution < 1.29 is 118 Å². The van der Waals surface area contributed by atoms with E-state index in [0.717, 1.165) is 0 Å². The molecular formula is C50H66N10O24. The van der Waals surface area contributed by atoms with E-state index in [4.69, 9.17) is 37.9 Å². The van der Waals surface area contributed by atoms with Gasteiger partial charge in [0.25, 0.3) is 0 Å². The van der Waals surface area contributed by atoms with Gasteiger partial charge < -0.3 is 120 Å². The van der Waals surface area contributed by atoms with Crippen LogP contribution in [0.3, 0.4) is 0 Å². The number of hydrogen-bond donors (Lipinski definition) is 16. The van der Waals surface area contributed by atoms with E-state index in [-0.39, 0.29) is 50.3 Å². The van der Waals surface area contributed by atoms with Crippen molar-refractivity contribution in [2.45, 2.75) is 161 Å². The summed E-state index contributed by atoms with van der Waals surface area (Å²) in [5.74, 6) is -1.87. The molecule has 20 atom stereocenters. The summed E-state index contributed by atoms with van der Waals surface area (Å²) in [6.45, 7) is -2.75. The molecule has 9 rings (SSSR count). The lowest BCUT2D eigenvalue weighted by molar-refractivity contribution is -0.332. The van der Waals surface area contributed by atoms with Crippen LogP contribution < -0.4 is 30.7 Å². The fourth-order valence-corrected chi connectivity index (χ4v) is 9.70. The van der Waals surface area contributed by atoms with Crippen LogP contribution in [0.4, 0.5) is 11.4 Å². The first-order valence-corrected chi connectivity index (χ1v) is 26.6. The lowest BCUT2D eigenvalue weighted by atomic mass is 9.94. The van der Waals surface area contributed by atoms with E-state index in [1.54, 1.807) is 0 Å². The third kappa shape index (κ3) is 14.9. The van der Waals surface area contributed by atoms with Gasteiger partial charge in [-0.1, -0.05) is 10.4 Å². The van der Waals surface area contributed by atoms with Crippen LogP contribution in [0.15, 0.2) is 60.9 Å². The molecule has 0 unspecified atom stereocenters. The number of aliphatic hydroxyl groups is 12. The van der Waals surface area contributed by atoms with Gasteiger partial charge in [0, 0.05) is 49.5 Å². The van der Waals surface area contributed by atoms with Crippen LogP contribution in [-0.2, 0) is 73.5 Å². The molecule has 4 aromatic rings. The second-order valence-electron chi connectivity index (χ2n) is 20.5. The molecule has 0 radical (unpaired) electrons. The van der Waals surface area contributed by atoms with Crippen molar-refractivity contribution in [1.82, 2.24) is 40.6 Å². The number of aryl methyl sites for hydroxylation is 2. The molecule has 16 N–H and O–H groups in total. The van der Waals surface area contributed by atoms with Gasteiger partial charge in [-0.3, -0.25) is 19.2 Å². The molecule has 0 spiro atoms. The number of amides is 4. The molecule has 7 heterocycles. The molecule has 5 saturated heterocycles. The third-order valence-corrected chi connectivity index (χ3v) is 14.4. The van der Waals surface area contributed by atoms with Crippen molar-refractivity contribution in [3.63, 3.8) is 0 Å². The number of hydrogen-bond acceptors (Lipinski definition) is 28. The number of anilines is 2. The number of aromatic nitrogens is 6. The van der Waals surface area contributed by atoms with Crippen molar-refractivity contribution in [2.24, 2.45) is 0 Å². The number of aliphatic hydroxyl groups excluding tert-OH is 12. The number of nitrogens with zero attached hydrogens (tertiary/aromatic N) is 6. The van der Waals surface area contributed by atoms with Gasteiger partial charge in [0.15, 0.2) is 12.6 Å². The molecule has 2 aromatic carbocycles. The van der Waals surface area contributed by atoms with Gasteiger partial charge in [-0.15, -0.1) is 10.2 Å². The van der Waals surface area contributed by atoms with Crippen LogP contribution in [0, 0.1) is 0 Å². The number of carbonyl (C=O) groups excluding carboxylic acids is 4. The Morgan fingerprint density at radius 2 is 0.869 bits per heavy atom. The fourth-order valence-electron chi connectivity index (χ4n) is 9.70. The van der Waals surface area contributed by atoms with Gasteiger partial charge in [-0.25, -0.2) is 9.36 Å². The smallest absolute Gasteiger partial charge is 0.246 e. The van der Waals surface area contributed by atoms with Gasteiger partial charge in [0.1, 0.15) is 122 Å². The van der Waals surface area contributed by atoms with E-state index in [1.807, 2.05) is 0 Å². The van der Waals surface area contributed by atoms with Crippen molar-refractivity contribution >= 4 is 35.0 Å². The summed E-state index contributed by atoms with van der Waals surface area (Å²) >= 11 is 0. The summed E-state index contributed by atoms with van der Waals surface area (Å²) in [5, 5.41) is 151. The average Bonchev–Trinajstić information content (AvgIpc) is 4.31. The highest BCUT2D eigenvalue weighted by molar-refractivity contribution is 5.91. The summed E-state index contributed by atoms with van der Waals surface area (Å²) in [7, 11) is 0. The first kappa shape index (κ1) is 62.0. The van der Waals surface area contributed by atoms with Gasteiger partial charge in [-0.2, -0.15) is 0 Å². The quantitative estimate of drug-likeness (QED) is 0.0391. The largest absolute Gasteiger partial charge is 0.462 e. The Morgan fingerprint density at radius 1 is 0.488 bits per heavy atom. The minimum Gasteiger partial charge on any atom is -0.462 e. The monoisotopic (exact) mass is 1190 g/mol. The van der Waals surface area contributed by atoms with E-state index in [1.165, 1.54) is 70.3 Å². The molecule has 34 nitrogen and oxygen atoms in total. The van der Waals surface area contributed by atoms with Crippen LogP contribution >= 0.6 is 0 Å². The van der Waals surface area contributed by atoms with Gasteiger partial charge in [0.05, 0.1) is 37.8 Å². The molecule has 5 fully saturated rings. The Balaban J connectivity index is 0.693. The lowest BCUT2D eigenvalue weighted by Gasteiger charge is -2.47. The summed E-state index contributed by atoms with van der Waals surface area (Å²) in [6.07, 6.45) is -24.2. The normalized spacial score (nSPS) is 34.1. The second kappa shape index (κ2) is 27.7. The van der Waals surface area contributed by atoms with E-state index >= 15 is 0 Å². The standard InChI is InChI=1S/C50H66N10O24/c61-17-27-37(67)43(73)45(75)49(81-27)79-25-7-1-21(2-8-25)51-33(65)15-59-13-23(55-57-59)5-11-31(63)53-35-41(71)39(69)29-20-78-48-36(42(72)40(70)30(84-48)19-77-47(35)83-29)54-32(64)12-6-24-14-60(58-56-24)16-34(66)52-22-3-9-26(10-4-22)80-50-46(76)44(74)38(68)28(18-62)82-50/h1-4,7-10,13-14,27-30,35-50,61-62,67-76H,5-6,11-12,15-20H2,(H,51,65)(H,52,66)(H,53,63)(H,54,64)/t27-,28-,29-,30-,35-,36-,37+,38+,39-,40-,41-,42-,43+,44+,45-,46-,47-,48-,49-,50-/m1/s1. The molecule has 4 amide bonds. The average molecular weight is 1190 g/mol. The number of rotatable bonds is 20. The molecule has 84 heavy (non-hydrogen) atoms. The minimum atomic E-state index is -1.67. The Hall–Kier alpha value is -6.52. The number of fused-ring (bicyclic) bond motifs is 4. The van der Waals surface area contributed by atoms with Crippen LogP contribution in [0.2, 0.25) is 0 Å². The Bertz CT molecular complexity index is 2650. The molecule has 0 saturated carbocycles. The fraction of sp³-hybridized carbons (Fsp3) is 0.600. The highest BCUT2D eigenvalue weighted by Gasteiger charge is 2.52. The van der Waals surface area contributed by atoms with Gasteiger partial charge in [0.2, 0.25) is 36.2 Å². The molecule has 0 aliphatic carbocycles. The predicted octanol–water partition coefficient (Wildman–Crippen LogP) is -8.02. The van der Waals surface area contributed by atoms with Crippen LogP contribution in [0.1, 0.15) is 24.2 Å². The van der Waals surface area contributed by atoms with Gasteiger partial charge in [-0.05, 0) is 48.5 Å². The first-order valence-electron chi connectivity index (χ1n) is 26.6. The summed E-state index contributed by atoms with van der Waals surface area (Å²) in [6, 6.07) is 9.06. The molecular weight excluding hydrogens is 1120 g/mol. The molecule has 4 bridgehead atoms. The zero-order chi connectivity index (χ0) is 59.9.